The van der Waals surface area contributed by atoms with Gasteiger partial charge in [-0.25, -0.2) is 4.57 Å². The molecular formula is C37H40NSi+. The van der Waals surface area contributed by atoms with Crippen LogP contribution in [0.1, 0.15) is 54.7 Å². The third-order valence-corrected chi connectivity index (χ3v) is 13.9. The predicted molar refractivity (Wildman–Crippen MR) is 169 cm³/mol. The van der Waals surface area contributed by atoms with Gasteiger partial charge in [-0.05, 0) is 82.4 Å². The fourth-order valence-electron chi connectivity index (χ4n) is 6.87. The Morgan fingerprint density at radius 2 is 1.33 bits per heavy atom. The molecular weight excluding hydrogens is 487 g/mol. The van der Waals surface area contributed by atoms with Gasteiger partial charge in [0.15, 0.2) is 6.20 Å². The molecule has 2 heteroatoms. The summed E-state index contributed by atoms with van der Waals surface area (Å²) < 4.78 is 2.33. The maximum atomic E-state index is 2.52. The van der Waals surface area contributed by atoms with Crippen molar-refractivity contribution in [2.24, 2.45) is 7.05 Å². The number of pyridine rings is 1. The zero-order chi connectivity index (χ0) is 27.0. The largest absolute Gasteiger partial charge is 0.220 e. The standard InChI is InChI=1S/C37H40NSi/c1-27-24-31(29-14-8-5-9-15-29)26-36(28(27)2)37-35-21-20-34(25-30(35)22-23-38(37)3)39(4,32-16-10-6-11-17-32)33-18-12-7-13-19-33/h6-7,10-13,16-26,29H,5,8-9,14-15H2,1-4H3/q+1. The van der Waals surface area contributed by atoms with E-state index >= 15 is 0 Å². The summed E-state index contributed by atoms with van der Waals surface area (Å²) in [5.41, 5.74) is 7.07. The maximum Gasteiger partial charge on any atom is 0.220 e. The molecule has 1 heterocycles. The molecule has 1 fully saturated rings. The molecule has 0 atom stereocenters. The van der Waals surface area contributed by atoms with Crippen LogP contribution in [-0.4, -0.2) is 8.07 Å². The second kappa shape index (κ2) is 10.6. The second-order valence-corrected chi connectivity index (χ2v) is 15.8. The van der Waals surface area contributed by atoms with Crippen LogP contribution in [0.2, 0.25) is 6.55 Å². The van der Waals surface area contributed by atoms with Crippen molar-refractivity contribution in [3.8, 4) is 11.3 Å². The topological polar surface area (TPSA) is 3.88 Å². The first-order valence-electron chi connectivity index (χ1n) is 14.6. The van der Waals surface area contributed by atoms with E-state index in [1.165, 1.54) is 86.4 Å². The first-order chi connectivity index (χ1) is 19.0. The fourth-order valence-corrected chi connectivity index (χ4v) is 10.4. The second-order valence-electron chi connectivity index (χ2n) is 11.8. The number of benzene rings is 4. The summed E-state index contributed by atoms with van der Waals surface area (Å²) in [6.45, 7) is 7.10. The molecule has 1 aromatic heterocycles. The number of nitrogens with zero attached hydrogens (tertiary/aromatic N) is 1. The molecule has 0 unspecified atom stereocenters. The van der Waals surface area contributed by atoms with Gasteiger partial charge < -0.3 is 0 Å². The Bertz CT molecular complexity index is 1580. The Morgan fingerprint density at radius 1 is 0.692 bits per heavy atom. The zero-order valence-corrected chi connectivity index (χ0v) is 24.9. The van der Waals surface area contributed by atoms with Crippen molar-refractivity contribution >= 4 is 34.4 Å². The molecule has 0 saturated heterocycles. The number of aromatic nitrogens is 1. The minimum absolute atomic E-state index is 0.701. The summed E-state index contributed by atoms with van der Waals surface area (Å²) in [7, 11) is 0.0425. The van der Waals surface area contributed by atoms with Crippen LogP contribution in [0, 0.1) is 13.8 Å². The van der Waals surface area contributed by atoms with Crippen molar-refractivity contribution in [2.45, 2.75) is 58.4 Å². The van der Waals surface area contributed by atoms with Crippen LogP contribution < -0.4 is 20.1 Å². The van der Waals surface area contributed by atoms with E-state index in [4.69, 9.17) is 0 Å². The molecule has 4 aromatic carbocycles. The lowest BCUT2D eigenvalue weighted by Gasteiger charge is -2.30. The van der Waals surface area contributed by atoms with E-state index in [0.29, 0.717) is 5.92 Å². The number of rotatable bonds is 5. The molecule has 1 aliphatic carbocycles. The van der Waals surface area contributed by atoms with Gasteiger partial charge in [0.25, 0.3) is 0 Å². The number of hydrogen-bond donors (Lipinski definition) is 0. The third kappa shape index (κ3) is 4.65. The molecule has 0 aliphatic heterocycles. The van der Waals surface area contributed by atoms with Gasteiger partial charge in [-0.3, -0.25) is 0 Å². The van der Waals surface area contributed by atoms with Gasteiger partial charge in [-0.1, -0.05) is 105 Å². The normalized spacial score (nSPS) is 14.6. The lowest BCUT2D eigenvalue weighted by atomic mass is 9.81. The molecule has 0 N–H and O–H groups in total. The van der Waals surface area contributed by atoms with Crippen LogP contribution in [0.25, 0.3) is 22.0 Å². The van der Waals surface area contributed by atoms with Crippen molar-refractivity contribution in [3.63, 3.8) is 0 Å². The summed E-state index contributed by atoms with van der Waals surface area (Å²) in [6.07, 6.45) is 9.03. The van der Waals surface area contributed by atoms with Crippen LogP contribution in [0.3, 0.4) is 0 Å². The Kier molecular flexibility index (Phi) is 6.99. The van der Waals surface area contributed by atoms with Crippen molar-refractivity contribution < 1.29 is 4.57 Å². The monoisotopic (exact) mass is 526 g/mol. The number of fused-ring (bicyclic) bond motifs is 1. The molecule has 0 amide bonds. The van der Waals surface area contributed by atoms with Crippen molar-refractivity contribution in [1.82, 2.24) is 0 Å². The minimum Gasteiger partial charge on any atom is -0.200 e. The van der Waals surface area contributed by atoms with E-state index in [2.05, 4.69) is 135 Å². The number of hydrogen-bond acceptors (Lipinski definition) is 0. The molecule has 1 aliphatic rings. The summed E-state index contributed by atoms with van der Waals surface area (Å²) in [5, 5.41) is 7.01. The first kappa shape index (κ1) is 25.8. The van der Waals surface area contributed by atoms with Crippen LogP contribution in [0.15, 0.2) is 103 Å². The highest BCUT2D eigenvalue weighted by molar-refractivity contribution is 7.10. The molecule has 0 bridgehead atoms. The van der Waals surface area contributed by atoms with Crippen molar-refractivity contribution in [1.29, 1.82) is 0 Å². The molecule has 39 heavy (non-hydrogen) atoms. The highest BCUT2D eigenvalue weighted by atomic mass is 28.3. The molecule has 1 nitrogen and oxygen atoms in total. The van der Waals surface area contributed by atoms with Gasteiger partial charge in [0.2, 0.25) is 5.69 Å². The molecule has 196 valence electrons. The van der Waals surface area contributed by atoms with Crippen LogP contribution >= 0.6 is 0 Å². The predicted octanol–water partition coefficient (Wildman–Crippen LogP) is 7.10. The Morgan fingerprint density at radius 3 is 1.97 bits per heavy atom. The van der Waals surface area contributed by atoms with E-state index in [1.54, 1.807) is 0 Å². The van der Waals surface area contributed by atoms with E-state index in [-0.39, 0.29) is 0 Å². The minimum atomic E-state index is -2.16. The SMILES string of the molecule is Cc1cc(C2CCCCC2)cc(-c2c3ccc([Si](C)(c4ccccc4)c4ccccc4)cc3cc[n+]2C)c1C. The van der Waals surface area contributed by atoms with E-state index in [0.717, 1.165) is 0 Å². The average molecular weight is 527 g/mol. The van der Waals surface area contributed by atoms with Crippen LogP contribution in [0.5, 0.6) is 0 Å². The van der Waals surface area contributed by atoms with Gasteiger partial charge in [0, 0.05) is 6.07 Å². The van der Waals surface area contributed by atoms with Crippen LogP contribution in [0.4, 0.5) is 0 Å². The van der Waals surface area contributed by atoms with E-state index in [1.807, 2.05) is 0 Å². The Labute approximate surface area is 235 Å². The maximum absolute atomic E-state index is 2.52. The number of aryl methyl sites for hydroxylation is 2. The van der Waals surface area contributed by atoms with Gasteiger partial charge in [0.05, 0.1) is 10.9 Å². The quantitative estimate of drug-likeness (QED) is 0.131. The van der Waals surface area contributed by atoms with Gasteiger partial charge in [0.1, 0.15) is 15.1 Å². The molecule has 1 saturated carbocycles. The summed E-state index contributed by atoms with van der Waals surface area (Å²) in [6, 6.07) is 36.9. The lowest BCUT2D eigenvalue weighted by Crippen LogP contribution is -2.64. The molecule has 5 aromatic rings. The average Bonchev–Trinajstić information content (AvgIpc) is 2.99. The summed E-state index contributed by atoms with van der Waals surface area (Å²) in [5.74, 6) is 0.701. The fraction of sp³-hybridized carbons (Fsp3) is 0.270. The molecule has 0 spiro atoms. The van der Waals surface area contributed by atoms with Crippen LogP contribution in [-0.2, 0) is 7.05 Å². The van der Waals surface area contributed by atoms with Gasteiger partial charge >= 0.3 is 0 Å². The highest BCUT2D eigenvalue weighted by Gasteiger charge is 2.34. The van der Waals surface area contributed by atoms with Crippen molar-refractivity contribution in [3.05, 3.63) is 120 Å². The lowest BCUT2D eigenvalue weighted by molar-refractivity contribution is -0.659. The van der Waals surface area contributed by atoms with Gasteiger partial charge in [-0.2, -0.15) is 0 Å². The summed E-state index contributed by atoms with van der Waals surface area (Å²) >= 11 is 0. The zero-order valence-electron chi connectivity index (χ0n) is 23.9. The molecule has 0 radical (unpaired) electrons. The molecule has 6 rings (SSSR count). The summed E-state index contributed by atoms with van der Waals surface area (Å²) in [4.78, 5) is 0. The van der Waals surface area contributed by atoms with E-state index in [9.17, 15) is 0 Å². The van der Waals surface area contributed by atoms with Gasteiger partial charge in [-0.15, -0.1) is 0 Å². The smallest absolute Gasteiger partial charge is 0.200 e. The van der Waals surface area contributed by atoms with Crippen molar-refractivity contribution in [2.75, 3.05) is 0 Å². The Balaban J connectivity index is 1.53. The van der Waals surface area contributed by atoms with E-state index < -0.39 is 8.07 Å². The third-order valence-electron chi connectivity index (χ3n) is 9.44. The highest BCUT2D eigenvalue weighted by Crippen LogP contribution is 2.37. The Hall–Kier alpha value is -3.49. The first-order valence-corrected chi connectivity index (χ1v) is 17.1.